The van der Waals surface area contributed by atoms with Crippen LogP contribution in [0.3, 0.4) is 0 Å². The van der Waals surface area contributed by atoms with Crippen molar-refractivity contribution in [2.45, 2.75) is 19.1 Å². The summed E-state index contributed by atoms with van der Waals surface area (Å²) in [6.45, 7) is 1.51. The molecule has 1 rings (SSSR count). The lowest BCUT2D eigenvalue weighted by molar-refractivity contribution is 0.0112. The summed E-state index contributed by atoms with van der Waals surface area (Å²) in [6, 6.07) is 1.62. The Hall–Kier alpha value is -1.69. The highest BCUT2D eigenvalue weighted by molar-refractivity contribution is 5.64. The first-order chi connectivity index (χ1) is 6.61. The highest BCUT2D eigenvalue weighted by Crippen LogP contribution is 2.13. The Labute approximate surface area is 80.7 Å². The second kappa shape index (κ2) is 4.52. The predicted octanol–water partition coefficient (Wildman–Crippen LogP) is -0.00620. The highest BCUT2D eigenvalue weighted by atomic mass is 16.6. The van der Waals surface area contributed by atoms with Crippen LogP contribution in [0.5, 0.6) is 0 Å². The van der Waals surface area contributed by atoms with Crippen LogP contribution in [0.2, 0.25) is 0 Å². The van der Waals surface area contributed by atoms with E-state index < -0.39 is 18.3 Å². The largest absolute Gasteiger partial charge is 0.443 e. The number of primary amides is 1. The molecule has 0 aliphatic rings. The van der Waals surface area contributed by atoms with Gasteiger partial charge in [-0.2, -0.15) is 0 Å². The van der Waals surface area contributed by atoms with Crippen LogP contribution in [0.15, 0.2) is 18.5 Å². The van der Waals surface area contributed by atoms with Gasteiger partial charge in [0, 0.05) is 12.4 Å². The van der Waals surface area contributed by atoms with Crippen molar-refractivity contribution in [3.63, 3.8) is 0 Å². The van der Waals surface area contributed by atoms with Crippen molar-refractivity contribution in [2.75, 3.05) is 0 Å². The molecule has 1 heterocycles. The molecule has 0 aliphatic heterocycles. The van der Waals surface area contributed by atoms with Crippen LogP contribution < -0.4 is 5.73 Å². The first-order valence-electron chi connectivity index (χ1n) is 4.02. The van der Waals surface area contributed by atoms with Gasteiger partial charge in [0.15, 0.2) is 11.9 Å². The van der Waals surface area contributed by atoms with E-state index in [0.29, 0.717) is 0 Å². The molecule has 2 atom stereocenters. The van der Waals surface area contributed by atoms with Crippen molar-refractivity contribution >= 4 is 6.09 Å². The lowest BCUT2D eigenvalue weighted by Gasteiger charge is -2.16. The SMILES string of the molecule is CC(OC(N)=O)C(O)c1ncccn1. The second-order valence-corrected chi connectivity index (χ2v) is 2.69. The van der Waals surface area contributed by atoms with E-state index in [0.717, 1.165) is 0 Å². The Balaban J connectivity index is 2.65. The minimum atomic E-state index is -1.07. The fourth-order valence-corrected chi connectivity index (χ4v) is 0.921. The zero-order valence-corrected chi connectivity index (χ0v) is 7.62. The van der Waals surface area contributed by atoms with Crippen LogP contribution >= 0.6 is 0 Å². The van der Waals surface area contributed by atoms with Gasteiger partial charge in [0.1, 0.15) is 6.10 Å². The van der Waals surface area contributed by atoms with E-state index >= 15 is 0 Å². The van der Waals surface area contributed by atoms with Crippen molar-refractivity contribution in [3.05, 3.63) is 24.3 Å². The summed E-state index contributed by atoms with van der Waals surface area (Å²) in [5.74, 6) is 0.196. The summed E-state index contributed by atoms with van der Waals surface area (Å²) in [4.78, 5) is 18.0. The van der Waals surface area contributed by atoms with Crippen molar-refractivity contribution in [3.8, 4) is 0 Å². The fourth-order valence-electron chi connectivity index (χ4n) is 0.921. The Morgan fingerprint density at radius 1 is 1.57 bits per heavy atom. The maximum Gasteiger partial charge on any atom is 0.404 e. The molecule has 0 fully saturated rings. The molecule has 0 spiro atoms. The molecule has 14 heavy (non-hydrogen) atoms. The van der Waals surface area contributed by atoms with Crippen molar-refractivity contribution < 1.29 is 14.6 Å². The van der Waals surface area contributed by atoms with Crippen LogP contribution in [0.1, 0.15) is 18.9 Å². The number of carbonyl (C=O) groups excluding carboxylic acids is 1. The molecule has 3 N–H and O–H groups in total. The summed E-state index contributed by atoms with van der Waals surface area (Å²) in [6.07, 6.45) is 0.205. The molecule has 0 radical (unpaired) electrons. The Kier molecular flexibility index (Phi) is 3.35. The second-order valence-electron chi connectivity index (χ2n) is 2.69. The Bertz CT molecular complexity index is 304. The molecule has 1 aromatic rings. The first-order valence-corrected chi connectivity index (χ1v) is 4.02. The number of hydrogen-bond acceptors (Lipinski definition) is 5. The number of amides is 1. The highest BCUT2D eigenvalue weighted by Gasteiger charge is 2.21. The molecule has 0 saturated heterocycles. The lowest BCUT2D eigenvalue weighted by Crippen LogP contribution is -2.26. The number of aliphatic hydroxyl groups excluding tert-OH is 1. The number of nitrogens with two attached hydrogens (primary N) is 1. The minimum Gasteiger partial charge on any atom is -0.443 e. The molecule has 0 saturated carbocycles. The normalized spacial score (nSPS) is 14.4. The molecule has 0 bridgehead atoms. The van der Waals surface area contributed by atoms with Crippen molar-refractivity contribution in [1.29, 1.82) is 0 Å². The molecule has 6 heteroatoms. The molecular weight excluding hydrogens is 186 g/mol. The Morgan fingerprint density at radius 3 is 2.64 bits per heavy atom. The third kappa shape index (κ3) is 2.67. The average Bonchev–Trinajstić information content (AvgIpc) is 2.17. The maximum atomic E-state index is 10.4. The lowest BCUT2D eigenvalue weighted by atomic mass is 10.2. The number of ether oxygens (including phenoxy) is 1. The van der Waals surface area contributed by atoms with E-state index in [1.165, 1.54) is 19.3 Å². The van der Waals surface area contributed by atoms with Gasteiger partial charge in [0.2, 0.25) is 0 Å². The standard InChI is InChI=1S/C8H11N3O3/c1-5(14-8(9)13)6(12)7-10-3-2-4-11-7/h2-6,12H,1H3,(H2,9,13). The number of hydrogen-bond donors (Lipinski definition) is 2. The van der Waals surface area contributed by atoms with Crippen LogP contribution in [-0.2, 0) is 4.74 Å². The summed E-state index contributed by atoms with van der Waals surface area (Å²) in [7, 11) is 0. The summed E-state index contributed by atoms with van der Waals surface area (Å²) in [5.41, 5.74) is 4.80. The molecule has 1 amide bonds. The number of aromatic nitrogens is 2. The van der Waals surface area contributed by atoms with Gasteiger partial charge in [0.25, 0.3) is 0 Å². The molecular formula is C8H11N3O3. The van der Waals surface area contributed by atoms with Crippen LogP contribution in [-0.4, -0.2) is 27.3 Å². The van der Waals surface area contributed by atoms with Gasteiger partial charge in [-0.15, -0.1) is 0 Å². The zero-order valence-electron chi connectivity index (χ0n) is 7.62. The van der Waals surface area contributed by atoms with Gasteiger partial charge >= 0.3 is 6.09 Å². The van der Waals surface area contributed by atoms with Crippen LogP contribution in [0.25, 0.3) is 0 Å². The molecule has 0 aliphatic carbocycles. The van der Waals surface area contributed by atoms with Gasteiger partial charge in [-0.1, -0.05) is 0 Å². The third-order valence-electron chi connectivity index (χ3n) is 1.60. The van der Waals surface area contributed by atoms with Crippen molar-refractivity contribution in [2.24, 2.45) is 5.73 Å². The molecule has 2 unspecified atom stereocenters. The topological polar surface area (TPSA) is 98.3 Å². The van der Waals surface area contributed by atoms with E-state index in [9.17, 15) is 9.90 Å². The first kappa shape index (κ1) is 10.4. The third-order valence-corrected chi connectivity index (χ3v) is 1.60. The summed E-state index contributed by atoms with van der Waals surface area (Å²) in [5, 5.41) is 9.58. The van der Waals surface area contributed by atoms with E-state index in [1.54, 1.807) is 6.07 Å². The van der Waals surface area contributed by atoms with Gasteiger partial charge in [-0.3, -0.25) is 0 Å². The molecule has 6 nitrogen and oxygen atoms in total. The number of nitrogens with zero attached hydrogens (tertiary/aromatic N) is 2. The molecule has 76 valence electrons. The van der Waals surface area contributed by atoms with E-state index in [1.807, 2.05) is 0 Å². The summed E-state index contributed by atoms with van der Waals surface area (Å²) >= 11 is 0. The van der Waals surface area contributed by atoms with Gasteiger partial charge in [-0.05, 0) is 13.0 Å². The van der Waals surface area contributed by atoms with Gasteiger partial charge in [0.05, 0.1) is 0 Å². The number of carbonyl (C=O) groups is 1. The minimum absolute atomic E-state index is 0.196. The molecule has 1 aromatic heterocycles. The number of rotatable bonds is 3. The summed E-state index contributed by atoms with van der Waals surface area (Å²) < 4.78 is 4.58. The smallest absolute Gasteiger partial charge is 0.404 e. The quantitative estimate of drug-likeness (QED) is 0.710. The number of aliphatic hydroxyl groups is 1. The van der Waals surface area contributed by atoms with E-state index in [4.69, 9.17) is 5.73 Å². The molecule has 0 aromatic carbocycles. The fraction of sp³-hybridized carbons (Fsp3) is 0.375. The van der Waals surface area contributed by atoms with Gasteiger partial charge in [-0.25, -0.2) is 14.8 Å². The van der Waals surface area contributed by atoms with Crippen molar-refractivity contribution in [1.82, 2.24) is 9.97 Å². The predicted molar refractivity (Wildman–Crippen MR) is 47.1 cm³/mol. The van der Waals surface area contributed by atoms with Crippen LogP contribution in [0, 0.1) is 0 Å². The maximum absolute atomic E-state index is 10.4. The van der Waals surface area contributed by atoms with Gasteiger partial charge < -0.3 is 15.6 Å². The zero-order chi connectivity index (χ0) is 10.6. The Morgan fingerprint density at radius 2 is 2.14 bits per heavy atom. The van der Waals surface area contributed by atoms with Crippen LogP contribution in [0.4, 0.5) is 4.79 Å². The monoisotopic (exact) mass is 197 g/mol. The van der Waals surface area contributed by atoms with E-state index in [-0.39, 0.29) is 5.82 Å². The van der Waals surface area contributed by atoms with E-state index in [2.05, 4.69) is 14.7 Å². The average molecular weight is 197 g/mol.